The Kier molecular flexibility index (Phi) is 4.94. The highest BCUT2D eigenvalue weighted by Gasteiger charge is 2.27. The number of aryl methyl sites for hydroxylation is 1. The summed E-state index contributed by atoms with van der Waals surface area (Å²) in [6.07, 6.45) is 1.67. The van der Waals surface area contributed by atoms with Crippen LogP contribution < -0.4 is 19.7 Å². The van der Waals surface area contributed by atoms with Crippen molar-refractivity contribution < 1.29 is 14.3 Å². The molecule has 7 nitrogen and oxygen atoms in total. The van der Waals surface area contributed by atoms with E-state index in [-0.39, 0.29) is 18.6 Å². The van der Waals surface area contributed by atoms with Crippen molar-refractivity contribution in [1.29, 1.82) is 0 Å². The number of amides is 1. The molecule has 5 rings (SSSR count). The Morgan fingerprint density at radius 3 is 2.77 bits per heavy atom. The standard InChI is InChI=1S/C23H26N4O3/c1-2-27-19-6-4-3-5-18(19)25-23(27)26-11-9-17(10-12-26)22(28)24-14-16-7-8-20-21(13-16)30-15-29-20/h3-8,13,17H,2,9-12,14-15H2,1H3,(H,24,28). The lowest BCUT2D eigenvalue weighted by molar-refractivity contribution is -0.125. The van der Waals surface area contributed by atoms with Gasteiger partial charge >= 0.3 is 0 Å². The molecule has 0 saturated carbocycles. The van der Waals surface area contributed by atoms with Crippen molar-refractivity contribution in [2.75, 3.05) is 24.8 Å². The van der Waals surface area contributed by atoms with E-state index in [0.29, 0.717) is 6.54 Å². The molecular formula is C23H26N4O3. The molecule has 3 heterocycles. The van der Waals surface area contributed by atoms with E-state index in [9.17, 15) is 4.79 Å². The van der Waals surface area contributed by atoms with E-state index in [1.807, 2.05) is 24.3 Å². The molecule has 0 atom stereocenters. The molecule has 3 aromatic rings. The second-order valence-electron chi connectivity index (χ2n) is 7.81. The minimum Gasteiger partial charge on any atom is -0.454 e. The van der Waals surface area contributed by atoms with E-state index < -0.39 is 0 Å². The molecule has 2 aliphatic heterocycles. The van der Waals surface area contributed by atoms with Crippen molar-refractivity contribution in [3.05, 3.63) is 48.0 Å². The zero-order chi connectivity index (χ0) is 20.5. The number of hydrogen-bond acceptors (Lipinski definition) is 5. The van der Waals surface area contributed by atoms with E-state index in [2.05, 4.69) is 39.9 Å². The summed E-state index contributed by atoms with van der Waals surface area (Å²) in [4.78, 5) is 19.9. The zero-order valence-corrected chi connectivity index (χ0v) is 17.1. The van der Waals surface area contributed by atoms with Gasteiger partial charge in [-0.05, 0) is 49.6 Å². The Morgan fingerprint density at radius 2 is 1.93 bits per heavy atom. The van der Waals surface area contributed by atoms with Crippen molar-refractivity contribution in [3.8, 4) is 11.5 Å². The number of ether oxygens (including phenoxy) is 2. The number of carbonyl (C=O) groups excluding carboxylic acids is 1. The quantitative estimate of drug-likeness (QED) is 0.704. The second kappa shape index (κ2) is 7.89. The SMILES string of the molecule is CCn1c(N2CCC(C(=O)NCc3ccc4c(c3)OCO4)CC2)nc2ccccc21. The van der Waals surface area contributed by atoms with Crippen LogP contribution in [0.2, 0.25) is 0 Å². The van der Waals surface area contributed by atoms with Gasteiger partial charge in [-0.15, -0.1) is 0 Å². The summed E-state index contributed by atoms with van der Waals surface area (Å²) >= 11 is 0. The normalized spacial score (nSPS) is 16.2. The molecule has 156 valence electrons. The molecule has 2 aromatic carbocycles. The summed E-state index contributed by atoms with van der Waals surface area (Å²) in [5.41, 5.74) is 3.21. The third kappa shape index (κ3) is 3.44. The molecule has 0 aliphatic carbocycles. The Hall–Kier alpha value is -3.22. The van der Waals surface area contributed by atoms with Gasteiger partial charge in [0.05, 0.1) is 11.0 Å². The topological polar surface area (TPSA) is 68.6 Å². The lowest BCUT2D eigenvalue weighted by Gasteiger charge is -2.32. The first-order chi connectivity index (χ1) is 14.7. The summed E-state index contributed by atoms with van der Waals surface area (Å²) in [5.74, 6) is 2.67. The molecule has 30 heavy (non-hydrogen) atoms. The van der Waals surface area contributed by atoms with Crippen molar-refractivity contribution in [2.45, 2.75) is 32.9 Å². The summed E-state index contributed by atoms with van der Waals surface area (Å²) in [7, 11) is 0. The van der Waals surface area contributed by atoms with Crippen LogP contribution in [0, 0.1) is 5.92 Å². The molecule has 7 heteroatoms. The fourth-order valence-corrected chi connectivity index (χ4v) is 4.34. The molecule has 1 aromatic heterocycles. The van der Waals surface area contributed by atoms with E-state index in [1.165, 1.54) is 5.52 Å². The molecule has 0 spiro atoms. The maximum Gasteiger partial charge on any atom is 0.231 e. The number of aromatic nitrogens is 2. The largest absolute Gasteiger partial charge is 0.454 e. The molecule has 1 amide bonds. The summed E-state index contributed by atoms with van der Waals surface area (Å²) in [6, 6.07) is 14.0. The lowest BCUT2D eigenvalue weighted by Crippen LogP contribution is -2.41. The highest BCUT2D eigenvalue weighted by Crippen LogP contribution is 2.32. The summed E-state index contributed by atoms with van der Waals surface area (Å²) in [5, 5.41) is 3.08. The summed E-state index contributed by atoms with van der Waals surface area (Å²) < 4.78 is 13.0. The third-order valence-corrected chi connectivity index (χ3v) is 6.00. The van der Waals surface area contributed by atoms with Gasteiger partial charge in [-0.3, -0.25) is 4.79 Å². The number of piperidine rings is 1. The molecular weight excluding hydrogens is 380 g/mol. The first-order valence-corrected chi connectivity index (χ1v) is 10.6. The number of nitrogens with zero attached hydrogens (tertiary/aromatic N) is 3. The predicted octanol–water partition coefficient (Wildman–Crippen LogP) is 3.32. The maximum absolute atomic E-state index is 12.7. The fraction of sp³-hybridized carbons (Fsp3) is 0.391. The van der Waals surface area contributed by atoms with Crippen molar-refractivity contribution in [3.63, 3.8) is 0 Å². The third-order valence-electron chi connectivity index (χ3n) is 6.00. The van der Waals surface area contributed by atoms with Gasteiger partial charge in [0.1, 0.15) is 0 Å². The molecule has 0 radical (unpaired) electrons. The van der Waals surface area contributed by atoms with E-state index in [1.54, 1.807) is 0 Å². The fourth-order valence-electron chi connectivity index (χ4n) is 4.34. The number of fused-ring (bicyclic) bond motifs is 2. The molecule has 2 aliphatic rings. The zero-order valence-electron chi connectivity index (χ0n) is 17.1. The maximum atomic E-state index is 12.7. The smallest absolute Gasteiger partial charge is 0.231 e. The molecule has 1 N–H and O–H groups in total. The van der Waals surface area contributed by atoms with Crippen LogP contribution in [0.3, 0.4) is 0 Å². The van der Waals surface area contributed by atoms with Crippen LogP contribution >= 0.6 is 0 Å². The summed E-state index contributed by atoms with van der Waals surface area (Å²) in [6.45, 7) is 5.47. The Morgan fingerprint density at radius 1 is 1.13 bits per heavy atom. The Labute approximate surface area is 175 Å². The van der Waals surface area contributed by atoms with Crippen LogP contribution in [-0.4, -0.2) is 35.3 Å². The molecule has 0 bridgehead atoms. The van der Waals surface area contributed by atoms with E-state index >= 15 is 0 Å². The van der Waals surface area contributed by atoms with Gasteiger partial charge < -0.3 is 24.3 Å². The average Bonchev–Trinajstić information content (AvgIpc) is 3.41. The highest BCUT2D eigenvalue weighted by atomic mass is 16.7. The van der Waals surface area contributed by atoms with Crippen molar-refractivity contribution >= 4 is 22.9 Å². The van der Waals surface area contributed by atoms with Gasteiger partial charge in [0.15, 0.2) is 11.5 Å². The van der Waals surface area contributed by atoms with Gasteiger partial charge in [0, 0.05) is 32.1 Å². The molecule has 1 fully saturated rings. The number of hydrogen-bond donors (Lipinski definition) is 1. The van der Waals surface area contributed by atoms with Gasteiger partial charge in [-0.25, -0.2) is 4.98 Å². The first-order valence-electron chi connectivity index (χ1n) is 10.6. The van der Waals surface area contributed by atoms with Gasteiger partial charge in [-0.2, -0.15) is 0 Å². The second-order valence-corrected chi connectivity index (χ2v) is 7.81. The average molecular weight is 406 g/mol. The van der Waals surface area contributed by atoms with Gasteiger partial charge in [-0.1, -0.05) is 18.2 Å². The highest BCUT2D eigenvalue weighted by molar-refractivity contribution is 5.80. The van der Waals surface area contributed by atoms with Crippen LogP contribution in [0.5, 0.6) is 11.5 Å². The number of anilines is 1. The number of benzene rings is 2. The minimum absolute atomic E-state index is 0.0368. The molecule has 1 saturated heterocycles. The van der Waals surface area contributed by atoms with Crippen LogP contribution in [0.1, 0.15) is 25.3 Å². The van der Waals surface area contributed by atoms with Crippen LogP contribution in [-0.2, 0) is 17.9 Å². The number of rotatable bonds is 5. The minimum atomic E-state index is 0.0368. The van der Waals surface area contributed by atoms with E-state index in [0.717, 1.165) is 61.0 Å². The number of para-hydroxylation sites is 2. The number of imidazole rings is 1. The van der Waals surface area contributed by atoms with Crippen LogP contribution in [0.4, 0.5) is 5.95 Å². The molecule has 0 unspecified atom stereocenters. The van der Waals surface area contributed by atoms with Crippen molar-refractivity contribution in [2.24, 2.45) is 5.92 Å². The van der Waals surface area contributed by atoms with Crippen LogP contribution in [0.25, 0.3) is 11.0 Å². The number of nitrogens with one attached hydrogen (secondary N) is 1. The predicted molar refractivity (Wildman–Crippen MR) is 115 cm³/mol. The monoisotopic (exact) mass is 406 g/mol. The van der Waals surface area contributed by atoms with Gasteiger partial charge in [0.2, 0.25) is 18.6 Å². The van der Waals surface area contributed by atoms with Gasteiger partial charge in [0.25, 0.3) is 0 Å². The Bertz CT molecular complexity index is 1070. The van der Waals surface area contributed by atoms with Crippen molar-refractivity contribution in [1.82, 2.24) is 14.9 Å². The van der Waals surface area contributed by atoms with Crippen LogP contribution in [0.15, 0.2) is 42.5 Å². The lowest BCUT2D eigenvalue weighted by atomic mass is 9.96. The van der Waals surface area contributed by atoms with E-state index in [4.69, 9.17) is 14.5 Å². The first kappa shape index (κ1) is 18.8. The number of carbonyl (C=O) groups is 1. The Balaban J connectivity index is 1.19.